The van der Waals surface area contributed by atoms with Crippen molar-refractivity contribution in [3.8, 4) is 0 Å². The lowest BCUT2D eigenvalue weighted by Crippen LogP contribution is -2.61. The van der Waals surface area contributed by atoms with E-state index < -0.39 is 24.4 Å². The van der Waals surface area contributed by atoms with Crippen molar-refractivity contribution in [2.75, 3.05) is 40.0 Å². The SMILES string of the molecule is CN1C[C@H](OCCCCCOCC23CC4CC(CC(C4)C2)C3)[C@@H](O)[C@H](O)[C@H]1CO. The Hall–Kier alpha value is -0.240. The molecule has 4 bridgehead atoms. The Morgan fingerprint density at radius 1 is 0.897 bits per heavy atom. The molecule has 5 aliphatic rings. The van der Waals surface area contributed by atoms with Crippen molar-refractivity contribution in [1.82, 2.24) is 4.90 Å². The molecule has 6 heteroatoms. The van der Waals surface area contributed by atoms with Crippen LogP contribution in [0.5, 0.6) is 0 Å². The standard InChI is InChI=1S/C23H41NO5/c1-24-13-20(22(27)21(26)19(24)14-25)29-6-4-2-3-5-28-15-23-10-16-7-17(11-23)9-18(8-16)12-23/h16-22,25-27H,2-15H2,1H3/t16?,17?,18?,19-,20+,21-,22-,23?/m1/s1. The lowest BCUT2D eigenvalue weighted by molar-refractivity contribution is -0.158. The van der Waals surface area contributed by atoms with Crippen LogP contribution in [0.4, 0.5) is 0 Å². The van der Waals surface area contributed by atoms with Crippen LogP contribution >= 0.6 is 0 Å². The van der Waals surface area contributed by atoms with Crippen molar-refractivity contribution >= 4 is 0 Å². The fourth-order valence-corrected chi connectivity index (χ4v) is 7.11. The van der Waals surface area contributed by atoms with Crippen molar-refractivity contribution in [2.24, 2.45) is 23.2 Å². The molecule has 6 nitrogen and oxygen atoms in total. The van der Waals surface area contributed by atoms with Crippen molar-refractivity contribution in [3.05, 3.63) is 0 Å². The number of nitrogens with zero attached hydrogens (tertiary/aromatic N) is 1. The highest BCUT2D eigenvalue weighted by Crippen LogP contribution is 2.60. The number of ether oxygens (including phenoxy) is 2. The molecule has 0 amide bonds. The van der Waals surface area contributed by atoms with Crippen LogP contribution < -0.4 is 0 Å². The average molecular weight is 412 g/mol. The van der Waals surface area contributed by atoms with Crippen LogP contribution in [0.15, 0.2) is 0 Å². The predicted molar refractivity (Wildman–Crippen MR) is 111 cm³/mol. The summed E-state index contributed by atoms with van der Waals surface area (Å²) >= 11 is 0. The molecule has 0 unspecified atom stereocenters. The zero-order chi connectivity index (χ0) is 20.4. The summed E-state index contributed by atoms with van der Waals surface area (Å²) in [5, 5.41) is 29.7. The second-order valence-electron chi connectivity index (χ2n) is 10.6. The molecule has 3 N–H and O–H groups in total. The lowest BCUT2D eigenvalue weighted by atomic mass is 9.50. The molecule has 1 saturated heterocycles. The molecule has 1 heterocycles. The van der Waals surface area contributed by atoms with E-state index in [0.29, 0.717) is 18.6 Å². The zero-order valence-corrected chi connectivity index (χ0v) is 18.0. The molecule has 5 rings (SSSR count). The lowest BCUT2D eigenvalue weighted by Gasteiger charge is -2.56. The van der Waals surface area contributed by atoms with Crippen LogP contribution in [0.3, 0.4) is 0 Å². The Morgan fingerprint density at radius 3 is 2.14 bits per heavy atom. The van der Waals surface area contributed by atoms with E-state index in [-0.39, 0.29) is 6.61 Å². The van der Waals surface area contributed by atoms with Crippen LogP contribution in [0.2, 0.25) is 0 Å². The third kappa shape index (κ3) is 4.99. The van der Waals surface area contributed by atoms with Gasteiger partial charge in [0.25, 0.3) is 0 Å². The summed E-state index contributed by atoms with van der Waals surface area (Å²) < 4.78 is 12.0. The fourth-order valence-electron chi connectivity index (χ4n) is 7.11. The monoisotopic (exact) mass is 411 g/mol. The first-order valence-corrected chi connectivity index (χ1v) is 11.9. The van der Waals surface area contributed by atoms with Crippen LogP contribution in [0, 0.1) is 23.2 Å². The summed E-state index contributed by atoms with van der Waals surface area (Å²) in [5.41, 5.74) is 0.508. The maximum Gasteiger partial charge on any atom is 0.109 e. The number of hydrogen-bond donors (Lipinski definition) is 3. The summed E-state index contributed by atoms with van der Waals surface area (Å²) in [4.78, 5) is 1.86. The van der Waals surface area contributed by atoms with Gasteiger partial charge in [-0.15, -0.1) is 0 Å². The van der Waals surface area contributed by atoms with Gasteiger partial charge in [-0.05, 0) is 88.0 Å². The Morgan fingerprint density at radius 2 is 1.52 bits per heavy atom. The van der Waals surface area contributed by atoms with Gasteiger partial charge in [-0.1, -0.05) is 0 Å². The van der Waals surface area contributed by atoms with Gasteiger partial charge >= 0.3 is 0 Å². The fraction of sp³-hybridized carbons (Fsp3) is 1.00. The predicted octanol–water partition coefficient (Wildman–Crippen LogP) is 1.80. The second-order valence-corrected chi connectivity index (χ2v) is 10.6. The number of piperidine rings is 1. The van der Waals surface area contributed by atoms with Crippen LogP contribution in [-0.2, 0) is 9.47 Å². The topological polar surface area (TPSA) is 82.4 Å². The number of unbranched alkanes of at least 4 members (excludes halogenated alkanes) is 2. The minimum absolute atomic E-state index is 0.162. The summed E-state index contributed by atoms with van der Waals surface area (Å²) in [6, 6.07) is -0.420. The van der Waals surface area contributed by atoms with Crippen molar-refractivity contribution < 1.29 is 24.8 Å². The Balaban J connectivity index is 1.07. The number of likely N-dealkylation sites (N-methyl/N-ethyl adjacent to an activating group) is 1. The molecule has 0 aromatic rings. The molecule has 5 fully saturated rings. The molecule has 1 aliphatic heterocycles. The van der Waals surface area contributed by atoms with E-state index in [1.54, 1.807) is 0 Å². The van der Waals surface area contributed by atoms with Gasteiger partial charge in [0.15, 0.2) is 0 Å². The van der Waals surface area contributed by atoms with Gasteiger partial charge < -0.3 is 24.8 Å². The Labute approximate surface area is 175 Å². The maximum absolute atomic E-state index is 10.2. The first-order valence-electron chi connectivity index (χ1n) is 11.9. The molecule has 168 valence electrons. The molecule has 29 heavy (non-hydrogen) atoms. The summed E-state index contributed by atoms with van der Waals surface area (Å²) in [7, 11) is 1.84. The third-order valence-electron chi connectivity index (χ3n) is 8.18. The van der Waals surface area contributed by atoms with Gasteiger partial charge in [-0.25, -0.2) is 0 Å². The molecule has 0 aromatic heterocycles. The van der Waals surface area contributed by atoms with E-state index in [2.05, 4.69) is 0 Å². The molecule has 4 atom stereocenters. The highest BCUT2D eigenvalue weighted by molar-refractivity contribution is 5.01. The van der Waals surface area contributed by atoms with E-state index in [4.69, 9.17) is 9.47 Å². The first kappa shape index (κ1) is 22.0. The van der Waals surface area contributed by atoms with E-state index in [1.165, 1.54) is 38.5 Å². The maximum atomic E-state index is 10.2. The quantitative estimate of drug-likeness (QED) is 0.476. The summed E-state index contributed by atoms with van der Waals surface area (Å²) in [6.45, 7) is 2.76. The number of aliphatic hydroxyl groups excluding tert-OH is 3. The minimum Gasteiger partial charge on any atom is -0.395 e. The van der Waals surface area contributed by atoms with Gasteiger partial charge in [0.05, 0.1) is 25.4 Å². The van der Waals surface area contributed by atoms with Crippen LogP contribution in [-0.4, -0.2) is 84.6 Å². The number of rotatable bonds is 10. The van der Waals surface area contributed by atoms with E-state index in [0.717, 1.165) is 50.2 Å². The van der Waals surface area contributed by atoms with Gasteiger partial charge in [0.1, 0.15) is 12.2 Å². The normalized spacial score (nSPS) is 44.5. The molecule has 4 aliphatic carbocycles. The minimum atomic E-state index is -0.971. The van der Waals surface area contributed by atoms with Gasteiger partial charge in [-0.2, -0.15) is 0 Å². The van der Waals surface area contributed by atoms with Gasteiger partial charge in [0, 0.05) is 19.8 Å². The van der Waals surface area contributed by atoms with Gasteiger partial charge in [-0.3, -0.25) is 4.90 Å². The van der Waals surface area contributed by atoms with E-state index in [1.807, 2.05) is 11.9 Å². The van der Waals surface area contributed by atoms with Crippen molar-refractivity contribution in [2.45, 2.75) is 82.1 Å². The van der Waals surface area contributed by atoms with E-state index >= 15 is 0 Å². The molecule has 0 radical (unpaired) electrons. The largest absolute Gasteiger partial charge is 0.395 e. The highest BCUT2D eigenvalue weighted by Gasteiger charge is 2.50. The van der Waals surface area contributed by atoms with Crippen molar-refractivity contribution in [1.29, 1.82) is 0 Å². The number of hydrogen-bond acceptors (Lipinski definition) is 6. The van der Waals surface area contributed by atoms with Gasteiger partial charge in [0.2, 0.25) is 0 Å². The molecular weight excluding hydrogens is 370 g/mol. The van der Waals surface area contributed by atoms with Crippen LogP contribution in [0.1, 0.15) is 57.8 Å². The van der Waals surface area contributed by atoms with Crippen molar-refractivity contribution in [3.63, 3.8) is 0 Å². The third-order valence-corrected chi connectivity index (χ3v) is 8.18. The smallest absolute Gasteiger partial charge is 0.109 e. The Bertz CT molecular complexity index is 494. The summed E-state index contributed by atoms with van der Waals surface area (Å²) in [6.07, 6.45) is 9.44. The molecule has 0 aromatic carbocycles. The Kier molecular flexibility index (Phi) is 7.19. The summed E-state index contributed by atoms with van der Waals surface area (Å²) in [5.74, 6) is 2.96. The average Bonchev–Trinajstić information content (AvgIpc) is 2.67. The molecular formula is C23H41NO5. The van der Waals surface area contributed by atoms with E-state index in [9.17, 15) is 15.3 Å². The first-order chi connectivity index (χ1) is 14.0. The number of likely N-dealkylation sites (tertiary alicyclic amines) is 1. The van der Waals surface area contributed by atoms with Crippen LogP contribution in [0.25, 0.3) is 0 Å². The highest BCUT2D eigenvalue weighted by atomic mass is 16.5. The second kappa shape index (κ2) is 9.49. The number of aliphatic hydroxyl groups is 3. The zero-order valence-electron chi connectivity index (χ0n) is 18.0. The molecule has 0 spiro atoms. The molecule has 4 saturated carbocycles.